The van der Waals surface area contributed by atoms with E-state index in [9.17, 15) is 0 Å². The Hall–Kier alpha value is -2.01. The van der Waals surface area contributed by atoms with Crippen molar-refractivity contribution >= 4 is 5.95 Å². The second kappa shape index (κ2) is 5.18. The molecular formula is C11H13N5. The Morgan fingerprint density at radius 2 is 1.94 bits per heavy atom. The summed E-state index contributed by atoms with van der Waals surface area (Å²) in [4.78, 5) is 12.3. The van der Waals surface area contributed by atoms with Crippen LogP contribution in [0.5, 0.6) is 0 Å². The van der Waals surface area contributed by atoms with E-state index < -0.39 is 0 Å². The van der Waals surface area contributed by atoms with Gasteiger partial charge in [-0.25, -0.2) is 9.97 Å². The second-order valence-corrected chi connectivity index (χ2v) is 3.28. The van der Waals surface area contributed by atoms with Crippen LogP contribution in [-0.4, -0.2) is 15.0 Å². The van der Waals surface area contributed by atoms with Gasteiger partial charge in [0.25, 0.3) is 0 Å². The van der Waals surface area contributed by atoms with E-state index >= 15 is 0 Å². The predicted octanol–water partition coefficient (Wildman–Crippen LogP) is 0.942. The summed E-state index contributed by atoms with van der Waals surface area (Å²) in [6.07, 6.45) is 5.21. The van der Waals surface area contributed by atoms with Gasteiger partial charge in [0.1, 0.15) is 0 Å². The molecule has 0 fully saturated rings. The van der Waals surface area contributed by atoms with Gasteiger partial charge < -0.3 is 11.1 Å². The first kappa shape index (κ1) is 10.5. The molecule has 5 nitrogen and oxygen atoms in total. The van der Waals surface area contributed by atoms with Crippen molar-refractivity contribution in [2.45, 2.75) is 13.1 Å². The fourth-order valence-corrected chi connectivity index (χ4v) is 1.28. The number of hydrogen-bond donors (Lipinski definition) is 2. The Morgan fingerprint density at radius 3 is 2.69 bits per heavy atom. The second-order valence-electron chi connectivity index (χ2n) is 3.28. The van der Waals surface area contributed by atoms with Crippen LogP contribution in [-0.2, 0) is 13.1 Å². The topological polar surface area (TPSA) is 76.7 Å². The zero-order chi connectivity index (χ0) is 11.2. The predicted molar refractivity (Wildman–Crippen MR) is 61.5 cm³/mol. The van der Waals surface area contributed by atoms with Gasteiger partial charge in [0.2, 0.25) is 5.95 Å². The number of pyridine rings is 1. The molecule has 2 heterocycles. The monoisotopic (exact) mass is 215 g/mol. The summed E-state index contributed by atoms with van der Waals surface area (Å²) in [6.45, 7) is 1.10. The first-order chi connectivity index (χ1) is 7.88. The third-order valence-corrected chi connectivity index (χ3v) is 2.12. The van der Waals surface area contributed by atoms with Crippen molar-refractivity contribution in [3.05, 3.63) is 48.0 Å². The van der Waals surface area contributed by atoms with Crippen LogP contribution in [0.4, 0.5) is 5.95 Å². The maximum atomic E-state index is 5.50. The molecule has 0 unspecified atom stereocenters. The van der Waals surface area contributed by atoms with Crippen molar-refractivity contribution in [3.63, 3.8) is 0 Å². The van der Waals surface area contributed by atoms with Gasteiger partial charge in [-0.2, -0.15) is 0 Å². The Balaban J connectivity index is 1.99. The van der Waals surface area contributed by atoms with Crippen LogP contribution in [0.25, 0.3) is 0 Å². The number of nitrogens with one attached hydrogen (secondary N) is 1. The normalized spacial score (nSPS) is 10.1. The molecule has 0 aliphatic heterocycles. The average Bonchev–Trinajstić information content (AvgIpc) is 2.38. The minimum atomic E-state index is 0.423. The number of anilines is 1. The Labute approximate surface area is 93.8 Å². The van der Waals surface area contributed by atoms with Gasteiger partial charge in [0, 0.05) is 31.7 Å². The highest BCUT2D eigenvalue weighted by atomic mass is 15.1. The van der Waals surface area contributed by atoms with Crippen LogP contribution in [0, 0.1) is 0 Å². The Kier molecular flexibility index (Phi) is 3.40. The molecule has 0 atom stereocenters. The van der Waals surface area contributed by atoms with Gasteiger partial charge in [-0.15, -0.1) is 0 Å². The van der Waals surface area contributed by atoms with Crippen LogP contribution >= 0.6 is 0 Å². The van der Waals surface area contributed by atoms with Crippen molar-refractivity contribution in [2.75, 3.05) is 5.32 Å². The first-order valence-corrected chi connectivity index (χ1v) is 5.03. The van der Waals surface area contributed by atoms with E-state index in [1.54, 1.807) is 24.7 Å². The van der Waals surface area contributed by atoms with Crippen molar-refractivity contribution in [2.24, 2.45) is 5.73 Å². The average molecular weight is 215 g/mol. The lowest BCUT2D eigenvalue weighted by Gasteiger charge is -2.05. The number of nitrogens with two attached hydrogens (primary N) is 1. The van der Waals surface area contributed by atoms with Crippen LogP contribution in [0.1, 0.15) is 11.3 Å². The summed E-state index contributed by atoms with van der Waals surface area (Å²) < 4.78 is 0. The SMILES string of the molecule is NCc1ccnc(NCc2ccncc2)n1. The summed E-state index contributed by atoms with van der Waals surface area (Å²) in [5.74, 6) is 0.597. The summed E-state index contributed by atoms with van der Waals surface area (Å²) in [5.41, 5.74) is 7.46. The lowest BCUT2D eigenvalue weighted by molar-refractivity contribution is 0.949. The van der Waals surface area contributed by atoms with Gasteiger partial charge in [-0.1, -0.05) is 0 Å². The molecule has 0 saturated carbocycles. The highest BCUT2D eigenvalue weighted by molar-refractivity contribution is 5.27. The summed E-state index contributed by atoms with van der Waals surface area (Å²) in [5, 5.41) is 3.13. The molecule has 2 aromatic heterocycles. The fourth-order valence-electron chi connectivity index (χ4n) is 1.28. The van der Waals surface area contributed by atoms with E-state index in [0.29, 0.717) is 19.0 Å². The largest absolute Gasteiger partial charge is 0.350 e. The third-order valence-electron chi connectivity index (χ3n) is 2.12. The quantitative estimate of drug-likeness (QED) is 0.793. The number of hydrogen-bond acceptors (Lipinski definition) is 5. The summed E-state index contributed by atoms with van der Waals surface area (Å²) >= 11 is 0. The maximum Gasteiger partial charge on any atom is 0.223 e. The van der Waals surface area contributed by atoms with Crippen LogP contribution in [0.15, 0.2) is 36.8 Å². The Morgan fingerprint density at radius 1 is 1.12 bits per heavy atom. The molecule has 0 spiro atoms. The van der Waals surface area contributed by atoms with E-state index in [4.69, 9.17) is 5.73 Å². The molecule has 0 amide bonds. The van der Waals surface area contributed by atoms with Crippen molar-refractivity contribution in [1.82, 2.24) is 15.0 Å². The van der Waals surface area contributed by atoms with E-state index in [1.807, 2.05) is 12.1 Å². The third kappa shape index (κ3) is 2.74. The number of aromatic nitrogens is 3. The van der Waals surface area contributed by atoms with Crippen molar-refractivity contribution in [3.8, 4) is 0 Å². The van der Waals surface area contributed by atoms with Crippen LogP contribution in [0.3, 0.4) is 0 Å². The molecule has 16 heavy (non-hydrogen) atoms. The molecule has 0 aliphatic rings. The highest BCUT2D eigenvalue weighted by Crippen LogP contribution is 2.03. The van der Waals surface area contributed by atoms with Gasteiger partial charge in [-0.3, -0.25) is 4.98 Å². The van der Waals surface area contributed by atoms with E-state index in [0.717, 1.165) is 11.3 Å². The standard InChI is InChI=1S/C11H13N5/c12-7-10-3-6-14-11(16-10)15-8-9-1-4-13-5-2-9/h1-6H,7-8,12H2,(H,14,15,16). The van der Waals surface area contributed by atoms with Crippen molar-refractivity contribution < 1.29 is 0 Å². The Bertz CT molecular complexity index is 443. The van der Waals surface area contributed by atoms with E-state index in [-0.39, 0.29) is 0 Å². The molecule has 2 aromatic rings. The van der Waals surface area contributed by atoms with Gasteiger partial charge in [0.05, 0.1) is 5.69 Å². The summed E-state index contributed by atoms with van der Waals surface area (Å²) in [6, 6.07) is 5.69. The molecule has 82 valence electrons. The number of nitrogens with zero attached hydrogens (tertiary/aromatic N) is 3. The molecule has 0 aliphatic carbocycles. The molecule has 0 radical (unpaired) electrons. The minimum Gasteiger partial charge on any atom is -0.350 e. The summed E-state index contributed by atoms with van der Waals surface area (Å²) in [7, 11) is 0. The lowest BCUT2D eigenvalue weighted by atomic mass is 10.3. The molecule has 5 heteroatoms. The van der Waals surface area contributed by atoms with Crippen LogP contribution in [0.2, 0.25) is 0 Å². The van der Waals surface area contributed by atoms with E-state index in [2.05, 4.69) is 20.3 Å². The zero-order valence-corrected chi connectivity index (χ0v) is 8.80. The first-order valence-electron chi connectivity index (χ1n) is 5.03. The number of rotatable bonds is 4. The fraction of sp³-hybridized carbons (Fsp3) is 0.182. The lowest BCUT2D eigenvalue weighted by Crippen LogP contribution is -2.06. The van der Waals surface area contributed by atoms with Gasteiger partial charge in [-0.05, 0) is 23.8 Å². The van der Waals surface area contributed by atoms with Crippen LogP contribution < -0.4 is 11.1 Å². The highest BCUT2D eigenvalue weighted by Gasteiger charge is 1.97. The molecule has 2 rings (SSSR count). The maximum absolute atomic E-state index is 5.50. The minimum absolute atomic E-state index is 0.423. The molecule has 0 saturated heterocycles. The zero-order valence-electron chi connectivity index (χ0n) is 8.80. The smallest absolute Gasteiger partial charge is 0.223 e. The molecule has 0 bridgehead atoms. The van der Waals surface area contributed by atoms with Gasteiger partial charge in [0.15, 0.2) is 0 Å². The van der Waals surface area contributed by atoms with Gasteiger partial charge >= 0.3 is 0 Å². The molecule has 0 aromatic carbocycles. The molecule has 3 N–H and O–H groups in total. The molecular weight excluding hydrogens is 202 g/mol. The van der Waals surface area contributed by atoms with Crippen molar-refractivity contribution in [1.29, 1.82) is 0 Å². The van der Waals surface area contributed by atoms with E-state index in [1.165, 1.54) is 0 Å².